The molecule has 14 heteroatoms. The highest BCUT2D eigenvalue weighted by molar-refractivity contribution is 5.77. The Kier molecular flexibility index (Phi) is 12.9. The van der Waals surface area contributed by atoms with Gasteiger partial charge in [-0.2, -0.15) is 0 Å². The number of rotatable bonds is 5. The van der Waals surface area contributed by atoms with E-state index in [2.05, 4.69) is 23.7 Å². The van der Waals surface area contributed by atoms with E-state index in [1.54, 1.807) is 13.8 Å². The molecule has 56 heavy (non-hydrogen) atoms. The summed E-state index contributed by atoms with van der Waals surface area (Å²) < 4.78 is 34.3. The van der Waals surface area contributed by atoms with Crippen molar-refractivity contribution in [2.24, 2.45) is 17.8 Å². The van der Waals surface area contributed by atoms with Crippen molar-refractivity contribution in [3.63, 3.8) is 0 Å². The molecule has 1 unspecified atom stereocenters. The predicted octanol–water partition coefficient (Wildman–Crippen LogP) is 3.91. The molecule has 4 aliphatic heterocycles. The van der Waals surface area contributed by atoms with E-state index in [-0.39, 0.29) is 18.1 Å². The number of imidazole rings is 1. The van der Waals surface area contributed by atoms with Crippen LogP contribution in [0.15, 0.2) is 24.3 Å². The van der Waals surface area contributed by atoms with E-state index in [1.807, 2.05) is 82.9 Å². The van der Waals surface area contributed by atoms with E-state index >= 15 is 0 Å². The van der Waals surface area contributed by atoms with Crippen LogP contribution in [-0.4, -0.2) is 154 Å². The Hall–Kier alpha value is -2.40. The summed E-state index contributed by atoms with van der Waals surface area (Å²) in [5.41, 5.74) is -0.844. The normalized spacial score (nSPS) is 42.1. The van der Waals surface area contributed by atoms with Gasteiger partial charge >= 0.3 is 5.97 Å². The number of hydrogen-bond donors (Lipinski definition) is 4. The second kappa shape index (κ2) is 16.7. The number of aliphatic hydroxyl groups is 3. The largest absolute Gasteiger partial charge is 0.459 e. The molecule has 4 N–H and O–H groups in total. The topological polar surface area (TPSA) is 162 Å². The first kappa shape index (κ1) is 43.2. The maximum Gasteiger partial charge on any atom is 0.311 e. The SMILES string of the molecule is CC[C@H]1OC(=O)[C@H](C)[C@H]2OC3(CCN(c4nc5ccccc5[nH]4)CC3)O[C@](C)(C[C@@H](C)CN(C)[C@H](C)[C@@H](O)[C@]1(C)O)[C@H](O[C@@H]1O[C@H](C)CC(N(C)C)[C@H]1O)[C@H]2C. The number of H-pyrrole nitrogens is 1. The minimum atomic E-state index is -1.72. The first-order valence-electron chi connectivity index (χ1n) is 20.8. The summed E-state index contributed by atoms with van der Waals surface area (Å²) >= 11 is 0. The number of aromatic nitrogens is 2. The van der Waals surface area contributed by atoms with Crippen LogP contribution in [0, 0.1) is 17.8 Å². The Labute approximate surface area is 333 Å². The Morgan fingerprint density at radius 1 is 1.07 bits per heavy atom. The highest BCUT2D eigenvalue weighted by Crippen LogP contribution is 2.48. The monoisotopic (exact) mass is 788 g/mol. The van der Waals surface area contributed by atoms with E-state index in [9.17, 15) is 20.1 Å². The van der Waals surface area contributed by atoms with Gasteiger partial charge in [-0.3, -0.25) is 4.79 Å². The zero-order chi connectivity index (χ0) is 40.9. The van der Waals surface area contributed by atoms with E-state index in [1.165, 1.54) is 0 Å². The number of cyclic esters (lactones) is 1. The van der Waals surface area contributed by atoms with E-state index in [4.69, 9.17) is 28.7 Å². The van der Waals surface area contributed by atoms with Crippen molar-refractivity contribution in [2.75, 3.05) is 45.7 Å². The lowest BCUT2D eigenvalue weighted by molar-refractivity contribution is -0.328. The van der Waals surface area contributed by atoms with Crippen LogP contribution >= 0.6 is 0 Å². The number of fused-ring (bicyclic) bond motifs is 4. The number of ether oxygens (including phenoxy) is 5. The zero-order valence-electron chi connectivity index (χ0n) is 35.5. The molecule has 0 saturated carbocycles. The van der Waals surface area contributed by atoms with Crippen LogP contribution < -0.4 is 4.90 Å². The number of piperidine rings is 1. The molecular weight excluding hydrogens is 718 g/mol. The predicted molar refractivity (Wildman–Crippen MR) is 213 cm³/mol. The van der Waals surface area contributed by atoms with Gasteiger partial charge in [-0.05, 0) is 93.1 Å². The fourth-order valence-electron chi connectivity index (χ4n) is 10.1. The van der Waals surface area contributed by atoms with Crippen molar-refractivity contribution in [3.8, 4) is 0 Å². The molecule has 0 aliphatic carbocycles. The summed E-state index contributed by atoms with van der Waals surface area (Å²) in [6.07, 6.45) is -3.21. The number of aromatic amines is 1. The number of nitrogens with zero attached hydrogens (tertiary/aromatic N) is 4. The smallest absolute Gasteiger partial charge is 0.311 e. The van der Waals surface area contributed by atoms with Crippen molar-refractivity contribution < 1.29 is 43.8 Å². The van der Waals surface area contributed by atoms with Crippen LogP contribution in [0.1, 0.15) is 87.5 Å². The Balaban J connectivity index is 1.42. The maximum atomic E-state index is 14.4. The molecule has 6 rings (SSSR count). The molecule has 2 bridgehead atoms. The number of benzene rings is 1. The van der Waals surface area contributed by atoms with E-state index in [0.29, 0.717) is 51.7 Å². The molecular formula is C42H69N5O9. The first-order chi connectivity index (χ1) is 26.3. The fourth-order valence-corrected chi connectivity index (χ4v) is 10.1. The van der Waals surface area contributed by atoms with Gasteiger partial charge < -0.3 is 58.7 Å². The van der Waals surface area contributed by atoms with Crippen molar-refractivity contribution in [1.82, 2.24) is 19.8 Å². The molecule has 2 aromatic rings. The van der Waals surface area contributed by atoms with E-state index in [0.717, 1.165) is 17.0 Å². The lowest BCUT2D eigenvalue weighted by atomic mass is 9.78. The average molecular weight is 788 g/mol. The summed E-state index contributed by atoms with van der Waals surface area (Å²) in [6.45, 7) is 17.1. The maximum absolute atomic E-state index is 14.4. The molecule has 4 saturated heterocycles. The van der Waals surface area contributed by atoms with Crippen LogP contribution in [-0.2, 0) is 28.5 Å². The summed E-state index contributed by atoms with van der Waals surface area (Å²) in [5.74, 6) is -2.11. The molecule has 1 aromatic carbocycles. The Bertz CT molecular complexity index is 1600. The first-order valence-corrected chi connectivity index (χ1v) is 20.8. The van der Waals surface area contributed by atoms with Crippen molar-refractivity contribution >= 4 is 23.0 Å². The molecule has 4 aliphatic rings. The second-order valence-corrected chi connectivity index (χ2v) is 18.2. The number of aliphatic hydroxyl groups excluding tert-OH is 2. The molecule has 1 spiro atoms. The number of likely N-dealkylation sites (N-methyl/N-ethyl adjacent to an activating group) is 2. The van der Waals surface area contributed by atoms with Gasteiger partial charge in [0.15, 0.2) is 12.1 Å². The number of nitrogens with one attached hydrogen (secondary N) is 1. The Morgan fingerprint density at radius 3 is 2.39 bits per heavy atom. The second-order valence-electron chi connectivity index (χ2n) is 18.2. The number of hydrogen-bond acceptors (Lipinski definition) is 13. The number of para-hydroxylation sites is 2. The molecule has 316 valence electrons. The molecule has 5 heterocycles. The number of esters is 1. The van der Waals surface area contributed by atoms with Crippen LogP contribution in [0.3, 0.4) is 0 Å². The van der Waals surface area contributed by atoms with Crippen LogP contribution in [0.25, 0.3) is 11.0 Å². The molecule has 14 atom stereocenters. The number of carbonyl (C=O) groups excluding carboxylic acids is 1. The van der Waals surface area contributed by atoms with Crippen LogP contribution in [0.5, 0.6) is 0 Å². The minimum Gasteiger partial charge on any atom is -0.459 e. The van der Waals surface area contributed by atoms with Gasteiger partial charge in [0.25, 0.3) is 0 Å². The van der Waals surface area contributed by atoms with Gasteiger partial charge in [0.1, 0.15) is 23.9 Å². The highest BCUT2D eigenvalue weighted by Gasteiger charge is 2.58. The molecule has 0 amide bonds. The minimum absolute atomic E-state index is 0.0141. The fraction of sp³-hybridized carbons (Fsp3) is 0.810. The van der Waals surface area contributed by atoms with Gasteiger partial charge in [-0.15, -0.1) is 0 Å². The van der Waals surface area contributed by atoms with Crippen molar-refractivity contribution in [1.29, 1.82) is 0 Å². The lowest BCUT2D eigenvalue weighted by Crippen LogP contribution is -2.60. The Morgan fingerprint density at radius 2 is 1.75 bits per heavy atom. The van der Waals surface area contributed by atoms with Gasteiger partial charge in [0, 0.05) is 50.5 Å². The number of carbonyl (C=O) groups is 1. The third-order valence-corrected chi connectivity index (χ3v) is 13.4. The third-order valence-electron chi connectivity index (χ3n) is 13.4. The summed E-state index contributed by atoms with van der Waals surface area (Å²) in [5, 5.41) is 35.1. The zero-order valence-corrected chi connectivity index (χ0v) is 35.5. The molecule has 14 nitrogen and oxygen atoms in total. The summed E-state index contributed by atoms with van der Waals surface area (Å²) in [6, 6.07) is 7.32. The van der Waals surface area contributed by atoms with Gasteiger partial charge in [-0.1, -0.05) is 32.9 Å². The quantitative estimate of drug-likeness (QED) is 0.323. The van der Waals surface area contributed by atoms with Crippen LogP contribution in [0.4, 0.5) is 5.95 Å². The molecule has 0 radical (unpaired) electrons. The van der Waals surface area contributed by atoms with Gasteiger partial charge in [0.05, 0.1) is 40.9 Å². The van der Waals surface area contributed by atoms with Crippen molar-refractivity contribution in [2.45, 2.75) is 159 Å². The van der Waals surface area contributed by atoms with E-state index < -0.39 is 77.6 Å². The third kappa shape index (κ3) is 8.51. The summed E-state index contributed by atoms with van der Waals surface area (Å²) in [7, 11) is 5.84. The standard InChI is InChI=1S/C42H69N5O9/c1-12-32-41(8,51)35(49)28(6)46(11)23-24(2)22-40(7)36(54-38-33(48)31(45(9)10)21-25(3)52-38)26(4)34(27(5)37(50)53-32)55-42(56-40)17-19-47(20-18-42)39-43-29-15-13-14-16-30(29)44-39/h13-16,24-28,31-36,38,48-49,51H,12,17-23H2,1-11H3,(H,43,44)/t24-,25-,26+,27-,28-,31?,32-,33-,34+,35-,36-,38+,40-,41-/m1/s1. The average Bonchev–Trinajstić information content (AvgIpc) is 3.55. The van der Waals surface area contributed by atoms with Crippen molar-refractivity contribution in [3.05, 3.63) is 24.3 Å². The van der Waals surface area contributed by atoms with Crippen LogP contribution in [0.2, 0.25) is 0 Å². The lowest BCUT2D eigenvalue weighted by Gasteiger charge is -2.49. The number of anilines is 1. The summed E-state index contributed by atoms with van der Waals surface area (Å²) in [4.78, 5) is 29.0. The molecule has 1 aromatic heterocycles. The molecule has 4 fully saturated rings. The van der Waals surface area contributed by atoms with Gasteiger partial charge in [0.2, 0.25) is 5.95 Å². The van der Waals surface area contributed by atoms with Gasteiger partial charge in [-0.25, -0.2) is 4.98 Å². The highest BCUT2D eigenvalue weighted by atomic mass is 16.7.